The summed E-state index contributed by atoms with van der Waals surface area (Å²) in [5.41, 5.74) is -0.00463. The molecule has 28 heavy (non-hydrogen) atoms. The number of piperidine rings is 1. The summed E-state index contributed by atoms with van der Waals surface area (Å²) in [6.07, 6.45) is 2.20. The first kappa shape index (κ1) is 21.3. The van der Waals surface area contributed by atoms with E-state index in [4.69, 9.17) is 16.3 Å². The Morgan fingerprint density at radius 1 is 1.11 bits per heavy atom. The summed E-state index contributed by atoms with van der Waals surface area (Å²) < 4.78 is 5.66. The van der Waals surface area contributed by atoms with E-state index in [9.17, 15) is 9.59 Å². The van der Waals surface area contributed by atoms with E-state index in [0.29, 0.717) is 30.3 Å². The quantitative estimate of drug-likeness (QED) is 0.731. The van der Waals surface area contributed by atoms with Gasteiger partial charge in [-0.1, -0.05) is 32.4 Å². The van der Waals surface area contributed by atoms with Crippen molar-refractivity contribution in [3.05, 3.63) is 29.3 Å². The summed E-state index contributed by atoms with van der Waals surface area (Å²) in [6.45, 7) is 8.45. The van der Waals surface area contributed by atoms with Crippen LogP contribution in [0.2, 0.25) is 5.02 Å². The van der Waals surface area contributed by atoms with Crippen LogP contribution in [0.15, 0.2) is 24.3 Å². The van der Waals surface area contributed by atoms with Gasteiger partial charge in [-0.25, -0.2) is 0 Å². The molecule has 2 amide bonds. The van der Waals surface area contributed by atoms with Gasteiger partial charge in [0.05, 0.1) is 4.87 Å². The second-order valence-corrected chi connectivity index (χ2v) is 10.6. The van der Waals surface area contributed by atoms with Gasteiger partial charge in [-0.2, -0.15) is 0 Å². The predicted octanol–water partition coefficient (Wildman–Crippen LogP) is 4.05. The first-order chi connectivity index (χ1) is 13.2. The van der Waals surface area contributed by atoms with Crippen molar-refractivity contribution in [1.29, 1.82) is 0 Å². The van der Waals surface area contributed by atoms with E-state index < -0.39 is 0 Å². The van der Waals surface area contributed by atoms with E-state index in [1.54, 1.807) is 24.3 Å². The van der Waals surface area contributed by atoms with Crippen molar-refractivity contribution in [2.24, 2.45) is 5.41 Å². The molecule has 0 aromatic heterocycles. The van der Waals surface area contributed by atoms with Gasteiger partial charge in [0.1, 0.15) is 5.75 Å². The zero-order chi connectivity index (χ0) is 20.4. The number of ether oxygens (including phenoxy) is 1. The second-order valence-electron chi connectivity index (χ2n) is 8.70. The first-order valence-corrected chi connectivity index (χ1v) is 11.2. The number of likely N-dealkylation sites (tertiary alicyclic amines) is 1. The molecule has 0 bridgehead atoms. The van der Waals surface area contributed by atoms with E-state index in [-0.39, 0.29) is 28.7 Å². The fourth-order valence-electron chi connectivity index (χ4n) is 3.80. The topological polar surface area (TPSA) is 49.9 Å². The van der Waals surface area contributed by atoms with E-state index in [1.807, 2.05) is 21.6 Å². The Balaban J connectivity index is 1.56. The molecular weight excluding hydrogens is 396 g/mol. The van der Waals surface area contributed by atoms with Crippen molar-refractivity contribution in [3.8, 4) is 5.75 Å². The third kappa shape index (κ3) is 5.15. The maximum Gasteiger partial charge on any atom is 0.261 e. The molecule has 0 saturated carbocycles. The molecule has 0 aliphatic carbocycles. The molecule has 2 aliphatic heterocycles. The SMILES string of the molecule is CC(C)(C)CC(=O)N1CCC2(CC1)SCCN2C(=O)COc1ccc(Cl)cc1. The molecule has 0 radical (unpaired) electrons. The first-order valence-electron chi connectivity index (χ1n) is 9.79. The number of thioether (sulfide) groups is 1. The van der Waals surface area contributed by atoms with Gasteiger partial charge in [-0.3, -0.25) is 9.59 Å². The van der Waals surface area contributed by atoms with Crippen LogP contribution in [0.25, 0.3) is 0 Å². The molecule has 7 heteroatoms. The third-order valence-electron chi connectivity index (χ3n) is 5.23. The summed E-state index contributed by atoms with van der Waals surface area (Å²) in [5, 5.41) is 0.640. The molecule has 1 spiro atoms. The molecule has 2 fully saturated rings. The number of nitrogens with zero attached hydrogens (tertiary/aromatic N) is 2. The molecule has 2 saturated heterocycles. The van der Waals surface area contributed by atoms with Gasteiger partial charge in [-0.05, 0) is 42.5 Å². The summed E-state index contributed by atoms with van der Waals surface area (Å²) in [6, 6.07) is 7.03. The van der Waals surface area contributed by atoms with Gasteiger partial charge in [0, 0.05) is 36.8 Å². The van der Waals surface area contributed by atoms with Gasteiger partial charge in [0.15, 0.2) is 6.61 Å². The highest BCUT2D eigenvalue weighted by atomic mass is 35.5. The van der Waals surface area contributed by atoms with Crippen LogP contribution >= 0.6 is 23.4 Å². The number of rotatable bonds is 4. The molecule has 154 valence electrons. The van der Waals surface area contributed by atoms with Crippen molar-refractivity contribution in [2.75, 3.05) is 32.0 Å². The van der Waals surface area contributed by atoms with Crippen LogP contribution in [-0.2, 0) is 9.59 Å². The van der Waals surface area contributed by atoms with E-state index in [0.717, 1.165) is 25.1 Å². The number of carbonyl (C=O) groups excluding carboxylic acids is 2. The number of hydrogen-bond acceptors (Lipinski definition) is 4. The van der Waals surface area contributed by atoms with Gasteiger partial charge >= 0.3 is 0 Å². The number of benzene rings is 1. The molecule has 2 heterocycles. The smallest absolute Gasteiger partial charge is 0.261 e. The van der Waals surface area contributed by atoms with E-state index in [1.165, 1.54) is 0 Å². The zero-order valence-electron chi connectivity index (χ0n) is 16.9. The van der Waals surface area contributed by atoms with Crippen LogP contribution < -0.4 is 4.74 Å². The number of hydrogen-bond donors (Lipinski definition) is 0. The van der Waals surface area contributed by atoms with Crippen LogP contribution in [-0.4, -0.2) is 58.5 Å². The van der Waals surface area contributed by atoms with Gasteiger partial charge in [-0.15, -0.1) is 11.8 Å². The van der Waals surface area contributed by atoms with Gasteiger partial charge in [0.2, 0.25) is 5.91 Å². The van der Waals surface area contributed by atoms with Crippen molar-refractivity contribution in [3.63, 3.8) is 0 Å². The predicted molar refractivity (Wildman–Crippen MR) is 114 cm³/mol. The number of halogens is 1. The van der Waals surface area contributed by atoms with Crippen LogP contribution in [0.3, 0.4) is 0 Å². The van der Waals surface area contributed by atoms with E-state index >= 15 is 0 Å². The summed E-state index contributed by atoms with van der Waals surface area (Å²) in [7, 11) is 0. The highest BCUT2D eigenvalue weighted by molar-refractivity contribution is 8.00. The van der Waals surface area contributed by atoms with E-state index in [2.05, 4.69) is 20.8 Å². The lowest BCUT2D eigenvalue weighted by Gasteiger charge is -2.44. The minimum Gasteiger partial charge on any atom is -0.484 e. The maximum atomic E-state index is 12.8. The Bertz CT molecular complexity index is 709. The Labute approximate surface area is 176 Å². The lowest BCUT2D eigenvalue weighted by molar-refractivity contribution is -0.139. The minimum absolute atomic E-state index is 0.00463. The highest BCUT2D eigenvalue weighted by Gasteiger charge is 2.47. The lowest BCUT2D eigenvalue weighted by Crippen LogP contribution is -2.54. The Hall–Kier alpha value is -1.40. The van der Waals surface area contributed by atoms with Crippen molar-refractivity contribution in [1.82, 2.24) is 9.80 Å². The lowest BCUT2D eigenvalue weighted by atomic mass is 9.91. The summed E-state index contributed by atoms with van der Waals surface area (Å²) >= 11 is 7.73. The molecule has 0 N–H and O–H groups in total. The monoisotopic (exact) mass is 424 g/mol. The Morgan fingerprint density at radius 2 is 1.75 bits per heavy atom. The molecule has 2 aliphatic rings. The molecule has 3 rings (SSSR count). The fourth-order valence-corrected chi connectivity index (χ4v) is 5.40. The highest BCUT2D eigenvalue weighted by Crippen LogP contribution is 2.44. The molecule has 5 nitrogen and oxygen atoms in total. The fraction of sp³-hybridized carbons (Fsp3) is 0.619. The van der Waals surface area contributed by atoms with Crippen LogP contribution in [0.5, 0.6) is 5.75 Å². The summed E-state index contributed by atoms with van der Waals surface area (Å²) in [4.78, 5) is 29.1. The standard InChI is InChI=1S/C21H29ClN2O3S/c1-20(2,3)14-18(25)23-10-8-21(9-11-23)24(12-13-28-21)19(26)15-27-17-6-4-16(22)5-7-17/h4-7H,8-15H2,1-3H3. The Morgan fingerprint density at radius 3 is 2.36 bits per heavy atom. The second kappa shape index (κ2) is 8.54. The molecule has 1 aromatic rings. The van der Waals surface area contributed by atoms with Crippen LogP contribution in [0.1, 0.15) is 40.0 Å². The number of amides is 2. The largest absolute Gasteiger partial charge is 0.484 e. The van der Waals surface area contributed by atoms with Gasteiger partial charge in [0.25, 0.3) is 5.91 Å². The molecular formula is C21H29ClN2O3S. The van der Waals surface area contributed by atoms with Crippen LogP contribution in [0.4, 0.5) is 0 Å². The molecule has 1 aromatic carbocycles. The molecule has 0 atom stereocenters. The average molecular weight is 425 g/mol. The third-order valence-corrected chi connectivity index (χ3v) is 7.04. The number of carbonyl (C=O) groups is 2. The van der Waals surface area contributed by atoms with Crippen molar-refractivity contribution < 1.29 is 14.3 Å². The Kier molecular flexibility index (Phi) is 6.50. The van der Waals surface area contributed by atoms with Crippen molar-refractivity contribution >= 4 is 35.2 Å². The summed E-state index contributed by atoms with van der Waals surface area (Å²) in [5.74, 6) is 1.80. The minimum atomic E-state index is -0.195. The normalized spacial score (nSPS) is 19.1. The van der Waals surface area contributed by atoms with Crippen molar-refractivity contribution in [2.45, 2.75) is 44.9 Å². The zero-order valence-corrected chi connectivity index (χ0v) is 18.4. The maximum absolute atomic E-state index is 12.8. The van der Waals surface area contributed by atoms with Crippen LogP contribution in [0, 0.1) is 5.41 Å². The van der Waals surface area contributed by atoms with Gasteiger partial charge < -0.3 is 14.5 Å². The molecule has 0 unspecified atom stereocenters. The average Bonchev–Trinajstić information content (AvgIpc) is 3.03.